The van der Waals surface area contributed by atoms with Crippen LogP contribution in [0.2, 0.25) is 10.1 Å². The smallest absolute Gasteiger partial charge is 0.261 e. The molecule has 6 heteroatoms. The third-order valence-corrected chi connectivity index (χ3v) is 20.6. The molecule has 0 fully saturated rings. The summed E-state index contributed by atoms with van der Waals surface area (Å²) < 4.78 is 28.1. The molecule has 0 heterocycles. The summed E-state index contributed by atoms with van der Waals surface area (Å²) in [4.78, 5) is 0. The van der Waals surface area contributed by atoms with Gasteiger partial charge in [-0.25, -0.2) is 0 Å². The number of benzene rings is 4. The average Bonchev–Trinajstić information content (AvgIpc) is 3.14. The van der Waals surface area contributed by atoms with Gasteiger partial charge in [0.15, 0.2) is 0 Å². The molecule has 4 aromatic rings. The summed E-state index contributed by atoms with van der Waals surface area (Å²) in [7, 11) is -4.12. The molecule has 0 amide bonds. The third kappa shape index (κ3) is 9.51. The van der Waals surface area contributed by atoms with Gasteiger partial charge in [-0.1, -0.05) is 195 Å². The van der Waals surface area contributed by atoms with E-state index in [2.05, 4.69) is 176 Å². The lowest BCUT2D eigenvalue weighted by Gasteiger charge is -2.48. The highest BCUT2D eigenvalue weighted by Gasteiger charge is 2.54. The molecule has 0 saturated carbocycles. The van der Waals surface area contributed by atoms with Crippen molar-refractivity contribution < 1.29 is 18.3 Å². The topological polar surface area (TPSA) is 36.9 Å². The second-order valence-electron chi connectivity index (χ2n) is 16.1. The first kappa shape index (κ1) is 41.6. The Labute approximate surface area is 317 Å². The summed E-state index contributed by atoms with van der Waals surface area (Å²) in [6, 6.07) is 43.7. The van der Waals surface area contributed by atoms with Gasteiger partial charge < -0.3 is 18.3 Å². The van der Waals surface area contributed by atoms with E-state index in [1.165, 1.54) is 20.7 Å². The predicted octanol–water partition coefficient (Wildman–Crippen LogP) is 9.27. The van der Waals surface area contributed by atoms with E-state index in [1.54, 1.807) is 7.11 Å². The molecule has 0 spiro atoms. The fraction of sp³-hybridized carbons (Fsp3) is 0.435. The molecule has 0 bridgehead atoms. The van der Waals surface area contributed by atoms with Gasteiger partial charge in [-0.05, 0) is 43.7 Å². The van der Waals surface area contributed by atoms with Crippen LogP contribution in [0.15, 0.2) is 134 Å². The van der Waals surface area contributed by atoms with Crippen molar-refractivity contribution in [1.29, 1.82) is 0 Å². The highest BCUT2D eigenvalue weighted by molar-refractivity contribution is 7.00. The highest BCUT2D eigenvalue weighted by Crippen LogP contribution is 2.41. The van der Waals surface area contributed by atoms with E-state index in [4.69, 9.17) is 18.3 Å². The predicted molar refractivity (Wildman–Crippen MR) is 225 cm³/mol. The highest BCUT2D eigenvalue weighted by atomic mass is 28.4. The molecule has 0 unspecified atom stereocenters. The molecule has 0 saturated heterocycles. The first-order valence-electron chi connectivity index (χ1n) is 19.2. The van der Waals surface area contributed by atoms with Crippen LogP contribution in [0.25, 0.3) is 0 Å². The maximum absolute atomic E-state index is 7.99. The molecular formula is C46H64O4Si2. The number of unbranched alkanes of at least 4 members (excludes halogenated alkanes) is 2. The van der Waals surface area contributed by atoms with E-state index < -0.39 is 16.6 Å². The molecule has 4 aromatic carbocycles. The largest absolute Gasteiger partial charge is 0.407 e. The third-order valence-electron chi connectivity index (χ3n) is 10.5. The van der Waals surface area contributed by atoms with Gasteiger partial charge in [0, 0.05) is 19.6 Å². The lowest BCUT2D eigenvalue weighted by Crippen LogP contribution is -2.69. The monoisotopic (exact) mass is 736 g/mol. The normalized spacial score (nSPS) is 14.5. The maximum Gasteiger partial charge on any atom is 0.261 e. The van der Waals surface area contributed by atoms with Crippen LogP contribution >= 0.6 is 0 Å². The van der Waals surface area contributed by atoms with Crippen molar-refractivity contribution >= 4 is 37.4 Å². The maximum atomic E-state index is 7.99. The Morgan fingerprint density at radius 1 is 0.615 bits per heavy atom. The molecular weight excluding hydrogens is 673 g/mol. The van der Waals surface area contributed by atoms with E-state index >= 15 is 0 Å². The van der Waals surface area contributed by atoms with Crippen LogP contribution in [0, 0.1) is 5.92 Å². The van der Waals surface area contributed by atoms with Gasteiger partial charge >= 0.3 is 0 Å². The average molecular weight is 737 g/mol. The van der Waals surface area contributed by atoms with E-state index in [-0.39, 0.29) is 35.0 Å². The summed E-state index contributed by atoms with van der Waals surface area (Å²) in [5.74, 6) is -0.103. The van der Waals surface area contributed by atoms with E-state index in [1.807, 2.05) is 6.08 Å². The van der Waals surface area contributed by atoms with Crippen molar-refractivity contribution in [1.82, 2.24) is 0 Å². The standard InChI is InChI=1S/C46H64O4Si2/c1-10-12-17-35-43(48-37-47-9)42(36-49-51(45(3,4)5,38-27-18-13-19-28-38)39-29-20-14-21-30-39)44(26-11-2)50-52(46(6,7)8,40-31-22-15-23-32-40)41-33-24-16-25-34-41/h11,13-16,18-25,27-34,42-44H,2,10,12,17,26,35-37H2,1,3-9H3/t42-,43-,44+/m1/s1. The van der Waals surface area contributed by atoms with E-state index in [0.29, 0.717) is 13.0 Å². The summed E-state index contributed by atoms with van der Waals surface area (Å²) in [6.07, 6.45) is 6.53. The summed E-state index contributed by atoms with van der Waals surface area (Å²) in [5.41, 5.74) is 0. The Morgan fingerprint density at radius 2 is 1.04 bits per heavy atom. The zero-order chi connectivity index (χ0) is 37.7. The second kappa shape index (κ2) is 19.3. The molecule has 4 rings (SSSR count). The van der Waals surface area contributed by atoms with Gasteiger partial charge in [0.05, 0.1) is 12.2 Å². The Kier molecular flexibility index (Phi) is 15.4. The SMILES string of the molecule is C=CC[C@H](O[Si](c1ccccc1)(c1ccccc1)C(C)(C)C)[C@H](CO[Si](c1ccccc1)(c1ccccc1)C(C)(C)C)[C@@H](CCCCC)OCOC. The minimum absolute atomic E-state index is 0.103. The second-order valence-corrected chi connectivity index (χ2v) is 24.6. The number of ether oxygens (including phenoxy) is 2. The van der Waals surface area contributed by atoms with Crippen LogP contribution in [-0.4, -0.2) is 49.4 Å². The number of methoxy groups -OCH3 is 1. The van der Waals surface area contributed by atoms with E-state index in [0.717, 1.165) is 25.7 Å². The minimum Gasteiger partial charge on any atom is -0.407 e. The van der Waals surface area contributed by atoms with Gasteiger partial charge in [-0.15, -0.1) is 6.58 Å². The quantitative estimate of drug-likeness (QED) is 0.0393. The van der Waals surface area contributed by atoms with Crippen molar-refractivity contribution in [2.75, 3.05) is 20.5 Å². The van der Waals surface area contributed by atoms with Crippen molar-refractivity contribution in [3.05, 3.63) is 134 Å². The molecule has 280 valence electrons. The molecule has 0 aliphatic rings. The molecule has 52 heavy (non-hydrogen) atoms. The van der Waals surface area contributed by atoms with Gasteiger partial charge in [0.25, 0.3) is 16.6 Å². The molecule has 3 atom stereocenters. The molecule has 0 aliphatic heterocycles. The Balaban J connectivity index is 1.95. The van der Waals surface area contributed by atoms with Crippen LogP contribution in [-0.2, 0) is 18.3 Å². The molecule has 0 aliphatic carbocycles. The van der Waals surface area contributed by atoms with Gasteiger partial charge in [-0.2, -0.15) is 0 Å². The lowest BCUT2D eigenvalue weighted by molar-refractivity contribution is -0.118. The Hall–Kier alpha value is -3.11. The zero-order valence-corrected chi connectivity index (χ0v) is 35.1. The number of hydrogen-bond donors (Lipinski definition) is 0. The summed E-state index contributed by atoms with van der Waals surface area (Å²) >= 11 is 0. The zero-order valence-electron chi connectivity index (χ0n) is 33.1. The van der Waals surface area contributed by atoms with Crippen LogP contribution in [0.4, 0.5) is 0 Å². The van der Waals surface area contributed by atoms with Crippen molar-refractivity contribution in [3.63, 3.8) is 0 Å². The van der Waals surface area contributed by atoms with Gasteiger partial charge in [0.1, 0.15) is 6.79 Å². The first-order chi connectivity index (χ1) is 25.0. The fourth-order valence-corrected chi connectivity index (χ4v) is 17.3. The Bertz CT molecular complexity index is 1500. The van der Waals surface area contributed by atoms with Crippen molar-refractivity contribution in [3.8, 4) is 0 Å². The van der Waals surface area contributed by atoms with Crippen LogP contribution in [0.5, 0.6) is 0 Å². The molecule has 0 N–H and O–H groups in total. The van der Waals surface area contributed by atoms with Gasteiger partial charge in [-0.3, -0.25) is 0 Å². The summed E-state index contributed by atoms with van der Waals surface area (Å²) in [5, 5.41) is 4.69. The molecule has 0 aromatic heterocycles. The lowest BCUT2D eigenvalue weighted by atomic mass is 9.91. The Morgan fingerprint density at radius 3 is 1.40 bits per heavy atom. The fourth-order valence-electron chi connectivity index (χ4n) is 8.00. The van der Waals surface area contributed by atoms with E-state index in [9.17, 15) is 0 Å². The van der Waals surface area contributed by atoms with Crippen LogP contribution in [0.1, 0.15) is 80.6 Å². The molecule has 4 nitrogen and oxygen atoms in total. The van der Waals surface area contributed by atoms with Crippen LogP contribution in [0.3, 0.4) is 0 Å². The van der Waals surface area contributed by atoms with Crippen molar-refractivity contribution in [2.45, 2.75) is 103 Å². The number of rotatable bonds is 20. The molecule has 0 radical (unpaired) electrons. The van der Waals surface area contributed by atoms with Gasteiger partial charge in [0.2, 0.25) is 0 Å². The number of hydrogen-bond acceptors (Lipinski definition) is 4. The first-order valence-corrected chi connectivity index (χ1v) is 23.0. The van der Waals surface area contributed by atoms with Crippen molar-refractivity contribution in [2.24, 2.45) is 5.92 Å². The minimum atomic E-state index is -2.95. The summed E-state index contributed by atoms with van der Waals surface area (Å²) in [6.45, 7) is 21.3. The van der Waals surface area contributed by atoms with Crippen LogP contribution < -0.4 is 20.7 Å².